The van der Waals surface area contributed by atoms with E-state index in [9.17, 15) is 23.6 Å². The van der Waals surface area contributed by atoms with E-state index in [1.54, 1.807) is 11.8 Å². The molecule has 1 N–H and O–H groups in total. The van der Waals surface area contributed by atoms with E-state index in [1.165, 1.54) is 29.2 Å². The molecule has 184 valence electrons. The number of hydrogen-bond acceptors (Lipinski definition) is 4. The Balaban J connectivity index is 1.58. The number of anilines is 1. The fourth-order valence-corrected chi connectivity index (χ4v) is 5.10. The van der Waals surface area contributed by atoms with Gasteiger partial charge in [-0.25, -0.2) is 4.39 Å². The van der Waals surface area contributed by atoms with E-state index in [4.69, 9.17) is 0 Å². The number of aromatic nitrogens is 1. The molecule has 36 heavy (non-hydrogen) atoms. The van der Waals surface area contributed by atoms with Gasteiger partial charge in [-0.2, -0.15) is 0 Å². The number of halogens is 1. The van der Waals surface area contributed by atoms with Crippen molar-refractivity contribution >= 4 is 23.3 Å². The second-order valence-corrected chi connectivity index (χ2v) is 9.33. The van der Waals surface area contributed by atoms with Crippen LogP contribution in [0.5, 0.6) is 0 Å². The molecule has 1 unspecified atom stereocenters. The van der Waals surface area contributed by atoms with Gasteiger partial charge in [0.2, 0.25) is 5.91 Å². The van der Waals surface area contributed by atoms with E-state index in [1.807, 2.05) is 30.3 Å². The van der Waals surface area contributed by atoms with Crippen LogP contribution in [0.3, 0.4) is 0 Å². The van der Waals surface area contributed by atoms with Crippen LogP contribution < -0.4 is 10.5 Å². The summed E-state index contributed by atoms with van der Waals surface area (Å²) in [5.74, 6) is -3.65. The summed E-state index contributed by atoms with van der Waals surface area (Å²) < 4.78 is 14.3. The summed E-state index contributed by atoms with van der Waals surface area (Å²) in [4.78, 5) is 59.5. The minimum Gasteiger partial charge on any atom is -0.338 e. The zero-order valence-corrected chi connectivity index (χ0v) is 19.9. The van der Waals surface area contributed by atoms with E-state index in [0.717, 1.165) is 24.8 Å². The average molecular weight is 488 g/mol. The molecule has 1 saturated heterocycles. The first-order valence-electron chi connectivity index (χ1n) is 12.1. The molecule has 2 aliphatic heterocycles. The second kappa shape index (κ2) is 9.53. The Morgan fingerprint density at radius 2 is 1.72 bits per heavy atom. The molecule has 0 spiro atoms. The summed E-state index contributed by atoms with van der Waals surface area (Å²) in [6.45, 7) is 2.82. The second-order valence-electron chi connectivity index (χ2n) is 9.33. The van der Waals surface area contributed by atoms with Gasteiger partial charge in [0.25, 0.3) is 11.5 Å². The summed E-state index contributed by atoms with van der Waals surface area (Å²) in [6.07, 6.45) is 2.64. The minimum absolute atomic E-state index is 0.109. The van der Waals surface area contributed by atoms with Gasteiger partial charge in [0, 0.05) is 30.0 Å². The average Bonchev–Trinajstić information content (AvgIpc) is 3.14. The smallest absolute Gasteiger partial charge is 0.261 e. The number of amides is 2. The summed E-state index contributed by atoms with van der Waals surface area (Å²) in [5, 5.41) is 0. The Morgan fingerprint density at radius 1 is 1.00 bits per heavy atom. The van der Waals surface area contributed by atoms with Crippen LogP contribution in [0.1, 0.15) is 62.7 Å². The third-order valence-corrected chi connectivity index (χ3v) is 6.84. The van der Waals surface area contributed by atoms with Crippen molar-refractivity contribution in [3.63, 3.8) is 0 Å². The van der Waals surface area contributed by atoms with E-state index < -0.39 is 34.9 Å². The number of carbonyl (C=O) groups excluding carboxylic acids is 3. The highest BCUT2D eigenvalue weighted by Gasteiger charge is 2.44. The fourth-order valence-electron chi connectivity index (χ4n) is 5.10. The van der Waals surface area contributed by atoms with Crippen molar-refractivity contribution in [1.29, 1.82) is 0 Å². The van der Waals surface area contributed by atoms with Gasteiger partial charge < -0.3 is 14.8 Å². The van der Waals surface area contributed by atoms with E-state index in [-0.39, 0.29) is 23.2 Å². The number of Topliss-reactive ketones (excluding diaryl/α,β-unsaturated/α-hetero) is 1. The number of hydrogen-bond donors (Lipinski definition) is 1. The number of pyridine rings is 1. The molecular weight excluding hydrogens is 461 g/mol. The van der Waals surface area contributed by atoms with Gasteiger partial charge in [0.05, 0.1) is 6.54 Å². The van der Waals surface area contributed by atoms with Crippen molar-refractivity contribution in [2.45, 2.75) is 38.6 Å². The highest BCUT2D eigenvalue weighted by atomic mass is 19.1. The maximum Gasteiger partial charge on any atom is 0.261 e. The molecule has 5 rings (SSSR count). The van der Waals surface area contributed by atoms with Crippen LogP contribution in [0.15, 0.2) is 59.4 Å². The molecule has 0 aliphatic carbocycles. The Labute approximate surface area is 207 Å². The molecule has 0 bridgehead atoms. The molecule has 2 aliphatic rings. The maximum atomic E-state index is 14.3. The third-order valence-electron chi connectivity index (χ3n) is 6.84. The lowest BCUT2D eigenvalue weighted by Gasteiger charge is -2.27. The number of H-pyrrole nitrogens is 1. The van der Waals surface area contributed by atoms with Crippen molar-refractivity contribution in [2.75, 3.05) is 18.0 Å². The summed E-state index contributed by atoms with van der Waals surface area (Å²) in [6, 6.07) is 14.6. The quantitative estimate of drug-likeness (QED) is 0.436. The molecule has 2 amide bonds. The monoisotopic (exact) mass is 487 g/mol. The summed E-state index contributed by atoms with van der Waals surface area (Å²) in [7, 11) is 0. The van der Waals surface area contributed by atoms with Crippen LogP contribution in [0.2, 0.25) is 0 Å². The molecule has 3 aromatic rings. The largest absolute Gasteiger partial charge is 0.338 e. The Morgan fingerprint density at radius 3 is 2.44 bits per heavy atom. The van der Waals surface area contributed by atoms with Crippen molar-refractivity contribution in [3.8, 4) is 0 Å². The molecule has 7 nitrogen and oxygen atoms in total. The van der Waals surface area contributed by atoms with Crippen molar-refractivity contribution in [1.82, 2.24) is 9.88 Å². The Kier molecular flexibility index (Phi) is 6.26. The molecule has 1 aromatic heterocycles. The predicted molar refractivity (Wildman–Crippen MR) is 133 cm³/mol. The van der Waals surface area contributed by atoms with Crippen LogP contribution >= 0.6 is 0 Å². The molecular formula is C28H26FN3O4. The first-order valence-corrected chi connectivity index (χ1v) is 12.1. The van der Waals surface area contributed by atoms with Crippen LogP contribution in [-0.2, 0) is 11.3 Å². The Hall–Kier alpha value is -4.07. The van der Waals surface area contributed by atoms with Crippen LogP contribution in [0, 0.1) is 12.7 Å². The van der Waals surface area contributed by atoms with Gasteiger partial charge in [-0.1, -0.05) is 30.3 Å². The van der Waals surface area contributed by atoms with E-state index >= 15 is 0 Å². The first-order chi connectivity index (χ1) is 17.3. The lowest BCUT2D eigenvalue weighted by atomic mass is 9.89. The molecule has 8 heteroatoms. The van der Waals surface area contributed by atoms with Crippen LogP contribution in [0.25, 0.3) is 0 Å². The van der Waals surface area contributed by atoms with Gasteiger partial charge in [0.1, 0.15) is 17.3 Å². The number of carbonyl (C=O) groups is 3. The summed E-state index contributed by atoms with van der Waals surface area (Å²) >= 11 is 0. The number of rotatable bonds is 5. The maximum absolute atomic E-state index is 14.3. The fraction of sp³-hybridized carbons (Fsp3) is 0.286. The zero-order chi connectivity index (χ0) is 25.4. The number of nitrogens with one attached hydrogen (secondary N) is 1. The van der Waals surface area contributed by atoms with Crippen LogP contribution in [-0.4, -0.2) is 40.6 Å². The van der Waals surface area contributed by atoms with E-state index in [0.29, 0.717) is 24.5 Å². The van der Waals surface area contributed by atoms with Gasteiger partial charge in [-0.15, -0.1) is 0 Å². The number of ketones is 1. The number of likely N-dealkylation sites (tertiary alicyclic amines) is 1. The third kappa shape index (κ3) is 4.23. The van der Waals surface area contributed by atoms with Crippen molar-refractivity contribution in [2.24, 2.45) is 0 Å². The van der Waals surface area contributed by atoms with Crippen molar-refractivity contribution < 1.29 is 18.8 Å². The predicted octanol–water partition coefficient (Wildman–Crippen LogP) is 3.96. The standard InChI is InChI=1S/C28H26FN3O4/c1-17-14-21(24(26(34)30-17)27(35)31-12-6-3-7-13-31)25(33)23-20-15-19(29)10-11-22(20)32(28(23)36)16-18-8-4-2-5-9-18/h2,4-5,8-11,14-15,23H,3,6-7,12-13,16H2,1H3,(H,30,34). The normalized spacial score (nSPS) is 17.3. The lowest BCUT2D eigenvalue weighted by Crippen LogP contribution is -2.40. The highest BCUT2D eigenvalue weighted by molar-refractivity contribution is 6.24. The van der Waals surface area contributed by atoms with Crippen LogP contribution in [0.4, 0.5) is 10.1 Å². The van der Waals surface area contributed by atoms with Gasteiger partial charge in [-0.3, -0.25) is 19.2 Å². The van der Waals surface area contributed by atoms with E-state index in [2.05, 4.69) is 4.98 Å². The molecule has 3 heterocycles. The molecule has 0 saturated carbocycles. The number of fused-ring (bicyclic) bond motifs is 1. The number of benzene rings is 2. The van der Waals surface area contributed by atoms with Gasteiger partial charge in [0.15, 0.2) is 5.78 Å². The van der Waals surface area contributed by atoms with Gasteiger partial charge >= 0.3 is 0 Å². The number of piperidine rings is 1. The molecule has 2 aromatic carbocycles. The molecule has 1 fully saturated rings. The number of aryl methyl sites for hydroxylation is 1. The minimum atomic E-state index is -1.35. The summed E-state index contributed by atoms with van der Waals surface area (Å²) in [5.41, 5.74) is 0.873. The van der Waals surface area contributed by atoms with Crippen molar-refractivity contribution in [3.05, 3.63) is 98.7 Å². The SMILES string of the molecule is Cc1cc(C(=O)C2C(=O)N(Cc3ccccc3)c3ccc(F)cc32)c(C(=O)N2CCCCC2)c(=O)[nH]1. The molecule has 0 radical (unpaired) electrons. The molecule has 1 atom stereocenters. The number of nitrogens with zero attached hydrogens (tertiary/aromatic N) is 2. The highest BCUT2D eigenvalue weighted by Crippen LogP contribution is 2.40. The Bertz CT molecular complexity index is 1410. The first kappa shape index (κ1) is 23.7. The zero-order valence-electron chi connectivity index (χ0n) is 19.9. The lowest BCUT2D eigenvalue weighted by molar-refractivity contribution is -0.118. The topological polar surface area (TPSA) is 90.6 Å². The van der Waals surface area contributed by atoms with Gasteiger partial charge in [-0.05, 0) is 61.6 Å². The number of aromatic amines is 1.